The normalized spacial score (nSPS) is 11.2. The van der Waals surface area contributed by atoms with Crippen molar-refractivity contribution in [2.45, 2.75) is 26.2 Å². The van der Waals surface area contributed by atoms with E-state index in [0.717, 1.165) is 24.7 Å². The van der Waals surface area contributed by atoms with Crippen molar-refractivity contribution in [1.29, 1.82) is 0 Å². The summed E-state index contributed by atoms with van der Waals surface area (Å²) in [6, 6.07) is 14.2. The van der Waals surface area contributed by atoms with Gasteiger partial charge < -0.3 is 4.18 Å². The second-order valence-electron chi connectivity index (χ2n) is 5.48. The Labute approximate surface area is 137 Å². The fourth-order valence-corrected chi connectivity index (χ4v) is 2.73. The van der Waals surface area contributed by atoms with Gasteiger partial charge in [-0.2, -0.15) is 8.42 Å². The van der Waals surface area contributed by atoms with Gasteiger partial charge in [0.15, 0.2) is 5.78 Å². The summed E-state index contributed by atoms with van der Waals surface area (Å²) in [5, 5.41) is 0. The molecule has 0 atom stereocenters. The molecule has 0 unspecified atom stereocenters. The molecule has 122 valence electrons. The van der Waals surface area contributed by atoms with Gasteiger partial charge in [0.1, 0.15) is 5.75 Å². The van der Waals surface area contributed by atoms with Gasteiger partial charge in [0.25, 0.3) is 0 Å². The number of benzene rings is 2. The van der Waals surface area contributed by atoms with Crippen LogP contribution < -0.4 is 4.18 Å². The summed E-state index contributed by atoms with van der Waals surface area (Å²) in [6.45, 7) is 2.12. The van der Waals surface area contributed by atoms with E-state index in [-0.39, 0.29) is 18.0 Å². The monoisotopic (exact) mass is 332 g/mol. The van der Waals surface area contributed by atoms with E-state index < -0.39 is 10.1 Å². The number of hydrogen-bond donors (Lipinski definition) is 0. The van der Waals surface area contributed by atoms with Crippen molar-refractivity contribution in [1.82, 2.24) is 0 Å². The highest BCUT2D eigenvalue weighted by Gasteiger charge is 2.09. The van der Waals surface area contributed by atoms with Crippen molar-refractivity contribution < 1.29 is 17.4 Å². The molecule has 0 fully saturated rings. The first-order chi connectivity index (χ1) is 10.9. The number of aryl methyl sites for hydroxylation is 1. The highest BCUT2D eigenvalue weighted by atomic mass is 32.2. The van der Waals surface area contributed by atoms with Gasteiger partial charge in [0.05, 0.1) is 6.26 Å². The Balaban J connectivity index is 2.02. The predicted octanol–water partition coefficient (Wildman–Crippen LogP) is 3.40. The van der Waals surface area contributed by atoms with Crippen LogP contribution in [0.4, 0.5) is 0 Å². The summed E-state index contributed by atoms with van der Waals surface area (Å²) in [4.78, 5) is 12.3. The zero-order valence-corrected chi connectivity index (χ0v) is 14.1. The molecule has 0 radical (unpaired) electrons. The van der Waals surface area contributed by atoms with Gasteiger partial charge in [0.2, 0.25) is 0 Å². The summed E-state index contributed by atoms with van der Waals surface area (Å²) in [5.41, 5.74) is 2.72. The first kappa shape index (κ1) is 17.2. The van der Waals surface area contributed by atoms with Crippen LogP contribution in [-0.2, 0) is 23.0 Å². The SMILES string of the molecule is CCCc1ccc(C(=O)Cc2ccc(OS(C)(=O)=O)cc2)cc1. The molecule has 0 aliphatic heterocycles. The molecule has 2 aromatic carbocycles. The molecule has 0 saturated carbocycles. The second kappa shape index (κ2) is 7.42. The van der Waals surface area contributed by atoms with Crippen LogP contribution in [0.2, 0.25) is 0 Å². The van der Waals surface area contributed by atoms with Gasteiger partial charge in [-0.1, -0.05) is 49.7 Å². The zero-order valence-electron chi connectivity index (χ0n) is 13.3. The number of carbonyl (C=O) groups excluding carboxylic acids is 1. The Morgan fingerprint density at radius 3 is 2.04 bits per heavy atom. The molecule has 0 bridgehead atoms. The molecule has 2 rings (SSSR count). The minimum absolute atomic E-state index is 0.0322. The van der Waals surface area contributed by atoms with Crippen LogP contribution >= 0.6 is 0 Å². The maximum atomic E-state index is 12.3. The van der Waals surface area contributed by atoms with E-state index in [9.17, 15) is 13.2 Å². The average Bonchev–Trinajstić information content (AvgIpc) is 2.49. The first-order valence-corrected chi connectivity index (χ1v) is 9.29. The molecule has 5 heteroatoms. The molecule has 2 aromatic rings. The minimum Gasteiger partial charge on any atom is -0.383 e. The lowest BCUT2D eigenvalue weighted by Gasteiger charge is -2.05. The fraction of sp³-hybridized carbons (Fsp3) is 0.278. The molecule has 0 N–H and O–H groups in total. The number of hydrogen-bond acceptors (Lipinski definition) is 4. The minimum atomic E-state index is -3.53. The number of Topliss-reactive ketones (excluding diaryl/α,β-unsaturated/α-hetero) is 1. The van der Waals surface area contributed by atoms with Crippen molar-refractivity contribution >= 4 is 15.9 Å². The molecular formula is C18H20O4S. The number of carbonyl (C=O) groups is 1. The molecule has 23 heavy (non-hydrogen) atoms. The molecule has 0 heterocycles. The van der Waals surface area contributed by atoms with Gasteiger partial charge >= 0.3 is 10.1 Å². The topological polar surface area (TPSA) is 60.4 Å². The van der Waals surface area contributed by atoms with E-state index in [1.54, 1.807) is 24.3 Å². The zero-order chi connectivity index (χ0) is 16.9. The molecule has 0 aliphatic rings. The molecule has 0 aromatic heterocycles. The number of ketones is 1. The van der Waals surface area contributed by atoms with E-state index >= 15 is 0 Å². The van der Waals surface area contributed by atoms with E-state index in [1.165, 1.54) is 5.56 Å². The first-order valence-electron chi connectivity index (χ1n) is 7.48. The van der Waals surface area contributed by atoms with Crippen molar-refractivity contribution in [3.63, 3.8) is 0 Å². The third-order valence-corrected chi connectivity index (χ3v) is 3.85. The Morgan fingerprint density at radius 1 is 0.957 bits per heavy atom. The van der Waals surface area contributed by atoms with Crippen LogP contribution in [-0.4, -0.2) is 20.5 Å². The van der Waals surface area contributed by atoms with E-state index in [0.29, 0.717) is 5.56 Å². The molecular weight excluding hydrogens is 312 g/mol. The molecule has 0 spiro atoms. The van der Waals surface area contributed by atoms with Crippen LogP contribution in [0, 0.1) is 0 Å². The standard InChI is InChI=1S/C18H20O4S/c1-3-4-14-5-9-16(10-6-14)18(19)13-15-7-11-17(12-8-15)22-23(2,20)21/h5-12H,3-4,13H2,1-2H3. The van der Waals surface area contributed by atoms with Gasteiger partial charge in [-0.25, -0.2) is 0 Å². The summed E-state index contributed by atoms with van der Waals surface area (Å²) in [6.07, 6.45) is 3.35. The van der Waals surface area contributed by atoms with Crippen molar-refractivity contribution in [3.05, 3.63) is 65.2 Å². The summed E-state index contributed by atoms with van der Waals surface area (Å²) in [7, 11) is -3.53. The lowest BCUT2D eigenvalue weighted by molar-refractivity contribution is 0.0993. The highest BCUT2D eigenvalue weighted by Crippen LogP contribution is 2.16. The van der Waals surface area contributed by atoms with E-state index in [2.05, 4.69) is 6.92 Å². The Morgan fingerprint density at radius 2 is 1.52 bits per heavy atom. The Hall–Kier alpha value is -2.14. The smallest absolute Gasteiger partial charge is 0.306 e. The average molecular weight is 332 g/mol. The van der Waals surface area contributed by atoms with Gasteiger partial charge in [-0.3, -0.25) is 4.79 Å². The van der Waals surface area contributed by atoms with Crippen molar-refractivity contribution in [3.8, 4) is 5.75 Å². The molecule has 4 nitrogen and oxygen atoms in total. The van der Waals surface area contributed by atoms with Gasteiger partial charge in [-0.15, -0.1) is 0 Å². The van der Waals surface area contributed by atoms with Gasteiger partial charge in [0, 0.05) is 12.0 Å². The van der Waals surface area contributed by atoms with Crippen LogP contribution in [0.5, 0.6) is 5.75 Å². The van der Waals surface area contributed by atoms with Crippen LogP contribution in [0.15, 0.2) is 48.5 Å². The maximum Gasteiger partial charge on any atom is 0.306 e. The second-order valence-corrected chi connectivity index (χ2v) is 7.05. The van der Waals surface area contributed by atoms with Crippen LogP contribution in [0.3, 0.4) is 0 Å². The van der Waals surface area contributed by atoms with Crippen LogP contribution in [0.1, 0.15) is 34.8 Å². The number of rotatable bonds is 7. The lowest BCUT2D eigenvalue weighted by atomic mass is 10.0. The molecule has 0 saturated heterocycles. The van der Waals surface area contributed by atoms with E-state index in [4.69, 9.17) is 4.18 Å². The summed E-state index contributed by atoms with van der Waals surface area (Å²) < 4.78 is 26.9. The maximum absolute atomic E-state index is 12.3. The fourth-order valence-electron chi connectivity index (χ4n) is 2.27. The highest BCUT2D eigenvalue weighted by molar-refractivity contribution is 7.86. The molecule has 0 aliphatic carbocycles. The molecule has 0 amide bonds. The summed E-state index contributed by atoms with van der Waals surface area (Å²) >= 11 is 0. The van der Waals surface area contributed by atoms with E-state index in [1.807, 2.05) is 24.3 Å². The van der Waals surface area contributed by atoms with Crippen molar-refractivity contribution in [2.24, 2.45) is 0 Å². The lowest BCUT2D eigenvalue weighted by Crippen LogP contribution is -2.06. The third-order valence-electron chi connectivity index (χ3n) is 3.35. The Bertz CT molecular complexity index is 760. The predicted molar refractivity (Wildman–Crippen MR) is 90.4 cm³/mol. The van der Waals surface area contributed by atoms with Gasteiger partial charge in [-0.05, 0) is 29.7 Å². The van der Waals surface area contributed by atoms with Crippen LogP contribution in [0.25, 0.3) is 0 Å². The van der Waals surface area contributed by atoms with Crippen molar-refractivity contribution in [2.75, 3.05) is 6.26 Å². The summed E-state index contributed by atoms with van der Waals surface area (Å²) in [5.74, 6) is 0.275. The Kier molecular flexibility index (Phi) is 5.55. The quantitative estimate of drug-likeness (QED) is 0.576. The third kappa shape index (κ3) is 5.53. The largest absolute Gasteiger partial charge is 0.383 e.